The molecule has 2 aromatic heterocycles. The molecular weight excluding hydrogens is 322 g/mol. The molecule has 0 saturated heterocycles. The van der Waals surface area contributed by atoms with E-state index in [0.29, 0.717) is 6.54 Å². The number of nitrogens with zero attached hydrogens (tertiary/aromatic N) is 2. The summed E-state index contributed by atoms with van der Waals surface area (Å²) < 4.78 is 1.52. The third-order valence-corrected chi connectivity index (χ3v) is 4.31. The third-order valence-electron chi connectivity index (χ3n) is 3.54. The molecule has 6 heteroatoms. The number of carbonyl (C=O) groups is 1. The van der Waals surface area contributed by atoms with Gasteiger partial charge in [-0.15, -0.1) is 11.3 Å². The number of rotatable bonds is 5. The largest absolute Gasteiger partial charge is 0.326 e. The van der Waals surface area contributed by atoms with Gasteiger partial charge in [0.15, 0.2) is 0 Å². The molecule has 3 aromatic rings. The van der Waals surface area contributed by atoms with E-state index < -0.39 is 0 Å². The van der Waals surface area contributed by atoms with Crippen LogP contribution in [0.5, 0.6) is 0 Å². The average Bonchev–Trinajstić information content (AvgIpc) is 3.01. The number of benzene rings is 1. The van der Waals surface area contributed by atoms with Crippen LogP contribution in [0.3, 0.4) is 0 Å². The maximum Gasteiger partial charge on any atom is 0.250 e. The molecule has 3 rings (SSSR count). The second-order valence-electron chi connectivity index (χ2n) is 5.36. The van der Waals surface area contributed by atoms with E-state index in [0.717, 1.165) is 22.0 Å². The topological polar surface area (TPSA) is 64.0 Å². The number of anilines is 1. The summed E-state index contributed by atoms with van der Waals surface area (Å²) in [6.07, 6.45) is 1.92. The first-order chi connectivity index (χ1) is 11.6. The van der Waals surface area contributed by atoms with E-state index in [-0.39, 0.29) is 17.9 Å². The van der Waals surface area contributed by atoms with Crippen LogP contribution in [0.25, 0.3) is 11.3 Å². The molecule has 0 aliphatic heterocycles. The minimum Gasteiger partial charge on any atom is -0.326 e. The predicted molar refractivity (Wildman–Crippen MR) is 96.2 cm³/mol. The Hall–Kier alpha value is -2.73. The van der Waals surface area contributed by atoms with Crippen molar-refractivity contribution in [2.45, 2.75) is 19.9 Å². The smallest absolute Gasteiger partial charge is 0.250 e. The van der Waals surface area contributed by atoms with Gasteiger partial charge >= 0.3 is 0 Å². The Kier molecular flexibility index (Phi) is 4.86. The Morgan fingerprint density at radius 3 is 2.88 bits per heavy atom. The number of pyridine rings is 1. The van der Waals surface area contributed by atoms with Gasteiger partial charge in [-0.2, -0.15) is 0 Å². The molecule has 0 atom stereocenters. The van der Waals surface area contributed by atoms with Crippen LogP contribution in [0.4, 0.5) is 5.69 Å². The van der Waals surface area contributed by atoms with Gasteiger partial charge < -0.3 is 9.88 Å². The summed E-state index contributed by atoms with van der Waals surface area (Å²) in [5.74, 6) is -0.127. The standard InChI is InChI=1S/C18H17N3O2S/c1-13-19-16(12-24-13)14-5-4-6-15(11-14)20-17(22)8-10-21-9-3-2-7-18(21)23/h2-7,9,11-12H,8,10H2,1H3,(H,20,22). The molecule has 0 saturated carbocycles. The van der Waals surface area contributed by atoms with E-state index >= 15 is 0 Å². The van der Waals surface area contributed by atoms with Gasteiger partial charge in [-0.1, -0.05) is 18.2 Å². The van der Waals surface area contributed by atoms with Crippen molar-refractivity contribution in [3.63, 3.8) is 0 Å². The Labute approximate surface area is 143 Å². The molecule has 2 heterocycles. The van der Waals surface area contributed by atoms with Crippen molar-refractivity contribution in [3.8, 4) is 11.3 Å². The second kappa shape index (κ2) is 7.23. The fourth-order valence-electron chi connectivity index (χ4n) is 2.34. The number of thiazole rings is 1. The minimum atomic E-state index is -0.127. The normalized spacial score (nSPS) is 10.5. The summed E-state index contributed by atoms with van der Waals surface area (Å²) >= 11 is 1.60. The lowest BCUT2D eigenvalue weighted by atomic mass is 10.1. The minimum absolute atomic E-state index is 0.105. The second-order valence-corrected chi connectivity index (χ2v) is 6.43. The van der Waals surface area contributed by atoms with Gasteiger partial charge in [-0.3, -0.25) is 9.59 Å². The number of aromatic nitrogens is 2. The highest BCUT2D eigenvalue weighted by Gasteiger charge is 2.06. The van der Waals surface area contributed by atoms with Gasteiger partial charge in [0, 0.05) is 41.9 Å². The van der Waals surface area contributed by atoms with Crippen LogP contribution < -0.4 is 10.9 Å². The summed E-state index contributed by atoms with van der Waals surface area (Å²) in [5, 5.41) is 5.88. The van der Waals surface area contributed by atoms with Crippen molar-refractivity contribution in [2.24, 2.45) is 0 Å². The van der Waals surface area contributed by atoms with Crippen LogP contribution in [0.1, 0.15) is 11.4 Å². The number of carbonyl (C=O) groups excluding carboxylic acids is 1. The molecule has 1 amide bonds. The number of nitrogens with one attached hydrogen (secondary N) is 1. The maximum absolute atomic E-state index is 12.1. The summed E-state index contributed by atoms with van der Waals surface area (Å²) in [5.41, 5.74) is 2.50. The molecule has 122 valence electrons. The Morgan fingerprint density at radius 1 is 1.25 bits per heavy atom. The molecule has 1 aromatic carbocycles. The zero-order valence-corrected chi connectivity index (χ0v) is 14.0. The van der Waals surface area contributed by atoms with Gasteiger partial charge in [-0.25, -0.2) is 4.98 Å². The highest BCUT2D eigenvalue weighted by molar-refractivity contribution is 7.09. The first-order valence-corrected chi connectivity index (χ1v) is 8.48. The molecule has 0 fully saturated rings. The molecular formula is C18H17N3O2S. The van der Waals surface area contributed by atoms with Crippen molar-refractivity contribution >= 4 is 22.9 Å². The van der Waals surface area contributed by atoms with Crippen LogP contribution in [-0.2, 0) is 11.3 Å². The predicted octanol–water partition coefficient (Wildman–Crippen LogP) is 3.31. The van der Waals surface area contributed by atoms with Crippen LogP contribution in [0.2, 0.25) is 0 Å². The van der Waals surface area contributed by atoms with Crippen LogP contribution >= 0.6 is 11.3 Å². The molecule has 0 unspecified atom stereocenters. The fraction of sp³-hybridized carbons (Fsp3) is 0.167. The SMILES string of the molecule is Cc1nc(-c2cccc(NC(=O)CCn3ccccc3=O)c2)cs1. The molecule has 0 spiro atoms. The lowest BCUT2D eigenvalue weighted by molar-refractivity contribution is -0.116. The van der Waals surface area contributed by atoms with Gasteiger partial charge in [0.25, 0.3) is 5.56 Å². The molecule has 5 nitrogen and oxygen atoms in total. The third kappa shape index (κ3) is 3.97. The highest BCUT2D eigenvalue weighted by Crippen LogP contribution is 2.24. The maximum atomic E-state index is 12.1. The Morgan fingerprint density at radius 2 is 2.12 bits per heavy atom. The highest BCUT2D eigenvalue weighted by atomic mass is 32.1. The van der Waals surface area contributed by atoms with Gasteiger partial charge in [-0.05, 0) is 25.1 Å². The zero-order chi connectivity index (χ0) is 16.9. The van der Waals surface area contributed by atoms with E-state index in [2.05, 4.69) is 10.3 Å². The van der Waals surface area contributed by atoms with Crippen molar-refractivity contribution < 1.29 is 4.79 Å². The van der Waals surface area contributed by atoms with Crippen molar-refractivity contribution in [1.82, 2.24) is 9.55 Å². The van der Waals surface area contributed by atoms with E-state index in [1.54, 1.807) is 29.7 Å². The zero-order valence-electron chi connectivity index (χ0n) is 13.2. The summed E-state index contributed by atoms with van der Waals surface area (Å²) in [6, 6.07) is 12.5. The quantitative estimate of drug-likeness (QED) is 0.776. The van der Waals surface area contributed by atoms with Crippen molar-refractivity contribution in [1.29, 1.82) is 0 Å². The van der Waals surface area contributed by atoms with E-state index in [9.17, 15) is 9.59 Å². The number of amides is 1. The Balaban J connectivity index is 1.64. The molecule has 0 aliphatic rings. The summed E-state index contributed by atoms with van der Waals surface area (Å²) in [7, 11) is 0. The van der Waals surface area contributed by atoms with Crippen LogP contribution in [-0.4, -0.2) is 15.5 Å². The summed E-state index contributed by atoms with van der Waals surface area (Å²) in [6.45, 7) is 2.32. The lowest BCUT2D eigenvalue weighted by Crippen LogP contribution is -2.21. The fourth-order valence-corrected chi connectivity index (χ4v) is 2.97. The first-order valence-electron chi connectivity index (χ1n) is 7.60. The molecule has 0 bridgehead atoms. The molecule has 1 N–H and O–H groups in total. The van der Waals surface area contributed by atoms with Gasteiger partial charge in [0.1, 0.15) is 0 Å². The molecule has 24 heavy (non-hydrogen) atoms. The monoisotopic (exact) mass is 339 g/mol. The lowest BCUT2D eigenvalue weighted by Gasteiger charge is -2.08. The van der Waals surface area contributed by atoms with Crippen LogP contribution in [0.15, 0.2) is 58.8 Å². The van der Waals surface area contributed by atoms with Crippen LogP contribution in [0, 0.1) is 6.92 Å². The first kappa shape index (κ1) is 16.1. The number of hydrogen-bond donors (Lipinski definition) is 1. The van der Waals surface area contributed by atoms with Crippen molar-refractivity contribution in [3.05, 3.63) is 69.4 Å². The van der Waals surface area contributed by atoms with Crippen molar-refractivity contribution in [2.75, 3.05) is 5.32 Å². The molecule has 0 radical (unpaired) electrons. The Bertz CT molecular complexity index is 914. The van der Waals surface area contributed by atoms with E-state index in [1.807, 2.05) is 36.6 Å². The van der Waals surface area contributed by atoms with E-state index in [4.69, 9.17) is 0 Å². The number of aryl methyl sites for hydroxylation is 2. The summed E-state index contributed by atoms with van der Waals surface area (Å²) in [4.78, 5) is 28.2. The van der Waals surface area contributed by atoms with E-state index in [1.165, 1.54) is 10.6 Å². The van der Waals surface area contributed by atoms with Gasteiger partial charge in [0.2, 0.25) is 5.91 Å². The number of hydrogen-bond acceptors (Lipinski definition) is 4. The average molecular weight is 339 g/mol. The molecule has 0 aliphatic carbocycles. The van der Waals surface area contributed by atoms with Gasteiger partial charge in [0.05, 0.1) is 10.7 Å².